The molecular weight excluding hydrogens is 217 g/mol. The second kappa shape index (κ2) is 7.57. The molecule has 0 amide bonds. The van der Waals surface area contributed by atoms with E-state index in [4.69, 9.17) is 15.1 Å². The summed E-state index contributed by atoms with van der Waals surface area (Å²) < 4.78 is 0. The summed E-state index contributed by atoms with van der Waals surface area (Å²) in [6.07, 6.45) is 2.75. The first-order valence-electron chi connectivity index (χ1n) is 5.16. The Labute approximate surface area is 100 Å². The van der Waals surface area contributed by atoms with Crippen molar-refractivity contribution >= 4 is 7.32 Å². The molecule has 0 saturated carbocycles. The van der Waals surface area contributed by atoms with Crippen LogP contribution >= 0.6 is 0 Å². The summed E-state index contributed by atoms with van der Waals surface area (Å²) in [5.41, 5.74) is 2.43. The Kier molecular flexibility index (Phi) is 5.95. The molecule has 3 N–H and O–H groups in total. The molecule has 0 aliphatic carbocycles. The van der Waals surface area contributed by atoms with Crippen molar-refractivity contribution in [3.63, 3.8) is 0 Å². The van der Waals surface area contributed by atoms with E-state index in [1.165, 1.54) is 5.56 Å². The van der Waals surface area contributed by atoms with Crippen molar-refractivity contribution in [3.05, 3.63) is 66.0 Å². The van der Waals surface area contributed by atoms with Crippen LogP contribution in [-0.2, 0) is 6.42 Å². The van der Waals surface area contributed by atoms with Gasteiger partial charge in [0, 0.05) is 18.3 Å². The predicted molar refractivity (Wildman–Crippen MR) is 65.9 cm³/mol. The predicted octanol–water partition coefficient (Wildman–Crippen LogP) is 0.621. The van der Waals surface area contributed by atoms with Gasteiger partial charge in [-0.05, 0) is 17.7 Å². The third-order valence-corrected chi connectivity index (χ3v) is 1.95. The van der Waals surface area contributed by atoms with Gasteiger partial charge in [0.05, 0.1) is 0 Å². The van der Waals surface area contributed by atoms with Crippen LogP contribution in [0.25, 0.3) is 0 Å². The lowest BCUT2D eigenvalue weighted by Crippen LogP contribution is -2.07. The van der Waals surface area contributed by atoms with Gasteiger partial charge in [-0.1, -0.05) is 36.4 Å². The molecule has 0 atom stereocenters. The highest BCUT2D eigenvalue weighted by Crippen LogP contribution is 2.05. The SMILES string of the molecule is OB(O)O.c1ccc(Cc2ccccn2)cc1. The van der Waals surface area contributed by atoms with Gasteiger partial charge < -0.3 is 15.1 Å². The van der Waals surface area contributed by atoms with Crippen LogP contribution in [0.3, 0.4) is 0 Å². The van der Waals surface area contributed by atoms with E-state index in [9.17, 15) is 0 Å². The van der Waals surface area contributed by atoms with Crippen LogP contribution in [0.4, 0.5) is 0 Å². The van der Waals surface area contributed by atoms with Crippen molar-refractivity contribution in [1.29, 1.82) is 0 Å². The van der Waals surface area contributed by atoms with Gasteiger partial charge in [0.15, 0.2) is 0 Å². The van der Waals surface area contributed by atoms with Gasteiger partial charge in [-0.2, -0.15) is 0 Å². The summed E-state index contributed by atoms with van der Waals surface area (Å²) in [5.74, 6) is 0. The Bertz CT molecular complexity index is 368. The molecule has 1 aromatic carbocycles. The van der Waals surface area contributed by atoms with Crippen molar-refractivity contribution in [2.24, 2.45) is 0 Å². The topological polar surface area (TPSA) is 73.6 Å². The van der Waals surface area contributed by atoms with Gasteiger partial charge in [0.25, 0.3) is 0 Å². The van der Waals surface area contributed by atoms with Crippen LogP contribution < -0.4 is 0 Å². The first-order chi connectivity index (χ1) is 8.18. The molecule has 88 valence electrons. The van der Waals surface area contributed by atoms with Gasteiger partial charge in [0.2, 0.25) is 0 Å². The second-order valence-electron chi connectivity index (χ2n) is 3.33. The number of nitrogens with zero attached hydrogens (tertiary/aromatic N) is 1. The van der Waals surface area contributed by atoms with E-state index >= 15 is 0 Å². The van der Waals surface area contributed by atoms with Crippen LogP contribution in [-0.4, -0.2) is 27.4 Å². The van der Waals surface area contributed by atoms with E-state index in [0.717, 1.165) is 12.1 Å². The Hall–Kier alpha value is -1.69. The molecule has 0 spiro atoms. The molecule has 1 aromatic heterocycles. The quantitative estimate of drug-likeness (QED) is 0.662. The van der Waals surface area contributed by atoms with Crippen molar-refractivity contribution in [1.82, 2.24) is 4.98 Å². The average molecular weight is 231 g/mol. The fourth-order valence-electron chi connectivity index (χ4n) is 1.31. The standard InChI is InChI=1S/C12H11N.BH3O3/c1-2-6-11(7-3-1)10-12-8-4-5-9-13-12;2-1(3)4/h1-9H,10H2;2-4H. The highest BCUT2D eigenvalue weighted by atomic mass is 16.5. The van der Waals surface area contributed by atoms with Crippen LogP contribution in [0.5, 0.6) is 0 Å². The molecular formula is C12H14BNO3. The maximum absolute atomic E-state index is 7.17. The van der Waals surface area contributed by atoms with E-state index in [0.29, 0.717) is 0 Å². The van der Waals surface area contributed by atoms with Crippen LogP contribution in [0.2, 0.25) is 0 Å². The third kappa shape index (κ3) is 6.47. The summed E-state index contributed by atoms with van der Waals surface area (Å²) in [7, 11) is -2.17. The Morgan fingerprint density at radius 2 is 1.47 bits per heavy atom. The zero-order chi connectivity index (χ0) is 12.5. The van der Waals surface area contributed by atoms with Gasteiger partial charge in [-0.25, -0.2) is 0 Å². The minimum Gasteiger partial charge on any atom is -0.402 e. The zero-order valence-electron chi connectivity index (χ0n) is 9.27. The normalized spacial score (nSPS) is 9.12. The summed E-state index contributed by atoms with van der Waals surface area (Å²) in [6.45, 7) is 0. The summed E-state index contributed by atoms with van der Waals surface area (Å²) in [4.78, 5) is 4.27. The first kappa shape index (κ1) is 13.4. The van der Waals surface area contributed by atoms with Crippen LogP contribution in [0.1, 0.15) is 11.3 Å². The van der Waals surface area contributed by atoms with E-state index in [2.05, 4.69) is 29.2 Å². The lowest BCUT2D eigenvalue weighted by atomic mass is 10.1. The fraction of sp³-hybridized carbons (Fsp3) is 0.0833. The number of pyridine rings is 1. The molecule has 1 heterocycles. The molecule has 0 aliphatic rings. The number of hydrogen-bond donors (Lipinski definition) is 3. The Morgan fingerprint density at radius 3 is 2.00 bits per heavy atom. The molecule has 0 saturated heterocycles. The smallest absolute Gasteiger partial charge is 0.402 e. The molecule has 0 aliphatic heterocycles. The maximum atomic E-state index is 7.17. The van der Waals surface area contributed by atoms with E-state index in [1.807, 2.05) is 30.5 Å². The largest absolute Gasteiger partial charge is 0.631 e. The number of hydrogen-bond acceptors (Lipinski definition) is 4. The molecule has 2 aromatic rings. The van der Waals surface area contributed by atoms with Gasteiger partial charge in [-0.15, -0.1) is 0 Å². The highest BCUT2D eigenvalue weighted by Gasteiger charge is 1.94. The lowest BCUT2D eigenvalue weighted by Gasteiger charge is -1.99. The molecule has 0 unspecified atom stereocenters. The van der Waals surface area contributed by atoms with Gasteiger partial charge in [0.1, 0.15) is 0 Å². The highest BCUT2D eigenvalue weighted by molar-refractivity contribution is 6.30. The van der Waals surface area contributed by atoms with Gasteiger partial charge >= 0.3 is 7.32 Å². The monoisotopic (exact) mass is 231 g/mol. The summed E-state index contributed by atoms with van der Waals surface area (Å²) in [5, 5.41) is 21.5. The first-order valence-corrected chi connectivity index (χ1v) is 5.16. The molecule has 0 fully saturated rings. The van der Waals surface area contributed by atoms with Crippen molar-refractivity contribution in [2.75, 3.05) is 0 Å². The maximum Gasteiger partial charge on any atom is 0.631 e. The number of aromatic nitrogens is 1. The third-order valence-electron chi connectivity index (χ3n) is 1.95. The van der Waals surface area contributed by atoms with E-state index < -0.39 is 7.32 Å². The average Bonchev–Trinajstić information content (AvgIpc) is 2.31. The van der Waals surface area contributed by atoms with Crippen LogP contribution in [0.15, 0.2) is 54.7 Å². The lowest BCUT2D eigenvalue weighted by molar-refractivity contribution is 0.278. The molecule has 0 radical (unpaired) electrons. The fourth-order valence-corrected chi connectivity index (χ4v) is 1.31. The summed E-state index contributed by atoms with van der Waals surface area (Å²) in [6, 6.07) is 16.4. The van der Waals surface area contributed by atoms with Crippen molar-refractivity contribution in [2.45, 2.75) is 6.42 Å². The van der Waals surface area contributed by atoms with Crippen molar-refractivity contribution in [3.8, 4) is 0 Å². The van der Waals surface area contributed by atoms with E-state index in [-0.39, 0.29) is 0 Å². The second-order valence-corrected chi connectivity index (χ2v) is 3.33. The number of benzene rings is 1. The molecule has 5 heteroatoms. The Balaban J connectivity index is 0.000000317. The zero-order valence-corrected chi connectivity index (χ0v) is 9.27. The molecule has 2 rings (SSSR count). The minimum atomic E-state index is -2.17. The summed E-state index contributed by atoms with van der Waals surface area (Å²) >= 11 is 0. The Morgan fingerprint density at radius 1 is 0.882 bits per heavy atom. The molecule has 0 bridgehead atoms. The van der Waals surface area contributed by atoms with Crippen molar-refractivity contribution < 1.29 is 15.1 Å². The minimum absolute atomic E-state index is 0.918. The number of rotatable bonds is 2. The molecule has 17 heavy (non-hydrogen) atoms. The van der Waals surface area contributed by atoms with Crippen LogP contribution in [0, 0.1) is 0 Å². The van der Waals surface area contributed by atoms with E-state index in [1.54, 1.807) is 0 Å². The molecule has 4 nitrogen and oxygen atoms in total. The van der Waals surface area contributed by atoms with Gasteiger partial charge in [-0.3, -0.25) is 4.98 Å².